The summed E-state index contributed by atoms with van der Waals surface area (Å²) in [5, 5.41) is 6.13. The summed E-state index contributed by atoms with van der Waals surface area (Å²) in [7, 11) is 0. The Kier molecular flexibility index (Phi) is 5.85. The highest BCUT2D eigenvalue weighted by Crippen LogP contribution is 2.16. The zero-order valence-corrected chi connectivity index (χ0v) is 14.5. The lowest BCUT2D eigenvalue weighted by molar-refractivity contribution is -0.116. The normalized spacial score (nSPS) is 14.2. The first-order valence-electron chi connectivity index (χ1n) is 8.62. The predicted molar refractivity (Wildman–Crippen MR) is 99.2 cm³/mol. The average molecular weight is 340 g/mol. The van der Waals surface area contributed by atoms with Crippen LogP contribution in [0.2, 0.25) is 0 Å². The fraction of sp³-hybridized carbons (Fsp3) is 0.368. The van der Waals surface area contributed by atoms with E-state index in [1.165, 1.54) is 0 Å². The maximum absolute atomic E-state index is 12.0. The number of ether oxygens (including phenoxy) is 1. The van der Waals surface area contributed by atoms with Gasteiger partial charge in [-0.1, -0.05) is 12.1 Å². The molecule has 1 amide bonds. The summed E-state index contributed by atoms with van der Waals surface area (Å²) in [6.07, 6.45) is 2.10. The quantitative estimate of drug-likeness (QED) is 0.844. The van der Waals surface area contributed by atoms with Gasteiger partial charge in [0.05, 0.1) is 24.9 Å². The fourth-order valence-electron chi connectivity index (χ4n) is 2.74. The van der Waals surface area contributed by atoms with Crippen LogP contribution in [-0.2, 0) is 4.79 Å². The Morgan fingerprint density at radius 1 is 1.28 bits per heavy atom. The van der Waals surface area contributed by atoms with E-state index < -0.39 is 0 Å². The summed E-state index contributed by atoms with van der Waals surface area (Å²) >= 11 is 0. The van der Waals surface area contributed by atoms with Crippen molar-refractivity contribution < 1.29 is 9.53 Å². The number of aromatic nitrogens is 1. The summed E-state index contributed by atoms with van der Waals surface area (Å²) in [5.41, 5.74) is 2.22. The standard InChI is InChI=1S/C19H24N4O2/c1-15-3-2-4-17(13-15)25-12-7-19(24)22-18-6-5-16(14-21-18)23-10-8-20-9-11-23/h2-6,13-14,20H,7-12H2,1H3,(H,21,22,24). The third kappa shape index (κ3) is 5.19. The number of hydrogen-bond donors (Lipinski definition) is 2. The minimum absolute atomic E-state index is 0.102. The largest absolute Gasteiger partial charge is 0.493 e. The monoisotopic (exact) mass is 340 g/mol. The Hall–Kier alpha value is -2.60. The number of hydrogen-bond acceptors (Lipinski definition) is 5. The molecule has 1 aliphatic heterocycles. The first-order valence-corrected chi connectivity index (χ1v) is 8.62. The minimum atomic E-state index is -0.102. The molecule has 0 saturated carbocycles. The van der Waals surface area contributed by atoms with Crippen LogP contribution in [0.15, 0.2) is 42.6 Å². The molecule has 0 spiro atoms. The topological polar surface area (TPSA) is 66.5 Å². The number of anilines is 2. The van der Waals surface area contributed by atoms with Crippen molar-refractivity contribution in [3.8, 4) is 5.75 Å². The molecule has 0 bridgehead atoms. The molecule has 6 heteroatoms. The molecule has 1 fully saturated rings. The van der Waals surface area contributed by atoms with Crippen LogP contribution in [0.1, 0.15) is 12.0 Å². The number of aryl methyl sites for hydroxylation is 1. The average Bonchev–Trinajstić information content (AvgIpc) is 2.63. The Bertz CT molecular complexity index is 697. The van der Waals surface area contributed by atoms with Gasteiger partial charge < -0.3 is 20.3 Å². The van der Waals surface area contributed by atoms with Crippen molar-refractivity contribution in [3.63, 3.8) is 0 Å². The van der Waals surface area contributed by atoms with Gasteiger partial charge in [0.2, 0.25) is 5.91 Å². The van der Waals surface area contributed by atoms with Crippen LogP contribution < -0.4 is 20.3 Å². The molecule has 1 aromatic carbocycles. The van der Waals surface area contributed by atoms with Gasteiger partial charge in [0.15, 0.2) is 0 Å². The third-order valence-electron chi connectivity index (χ3n) is 4.08. The van der Waals surface area contributed by atoms with Crippen molar-refractivity contribution in [1.29, 1.82) is 0 Å². The van der Waals surface area contributed by atoms with Crippen molar-refractivity contribution in [2.45, 2.75) is 13.3 Å². The summed E-state index contributed by atoms with van der Waals surface area (Å²) < 4.78 is 5.60. The van der Waals surface area contributed by atoms with E-state index in [0.717, 1.165) is 43.2 Å². The van der Waals surface area contributed by atoms with Crippen molar-refractivity contribution in [1.82, 2.24) is 10.3 Å². The van der Waals surface area contributed by atoms with E-state index in [4.69, 9.17) is 4.74 Å². The molecule has 1 aromatic heterocycles. The Morgan fingerprint density at radius 2 is 2.12 bits per heavy atom. The summed E-state index contributed by atoms with van der Waals surface area (Å²) in [6.45, 7) is 6.27. The van der Waals surface area contributed by atoms with E-state index in [9.17, 15) is 4.79 Å². The second kappa shape index (κ2) is 8.48. The zero-order valence-electron chi connectivity index (χ0n) is 14.5. The zero-order chi connectivity index (χ0) is 17.5. The van der Waals surface area contributed by atoms with Crippen LogP contribution in [0.3, 0.4) is 0 Å². The number of carbonyl (C=O) groups excluding carboxylic acids is 1. The number of amides is 1. The van der Waals surface area contributed by atoms with Crippen LogP contribution in [0, 0.1) is 6.92 Å². The summed E-state index contributed by atoms with van der Waals surface area (Å²) in [6, 6.07) is 11.6. The second-order valence-electron chi connectivity index (χ2n) is 6.10. The fourth-order valence-corrected chi connectivity index (χ4v) is 2.74. The highest BCUT2D eigenvalue weighted by Gasteiger charge is 2.11. The van der Waals surface area contributed by atoms with Gasteiger partial charge in [-0.25, -0.2) is 4.98 Å². The van der Waals surface area contributed by atoms with Crippen LogP contribution >= 0.6 is 0 Å². The number of pyridine rings is 1. The van der Waals surface area contributed by atoms with Gasteiger partial charge in [0.25, 0.3) is 0 Å². The second-order valence-corrected chi connectivity index (χ2v) is 6.10. The van der Waals surface area contributed by atoms with Crippen LogP contribution in [0.5, 0.6) is 5.75 Å². The van der Waals surface area contributed by atoms with Gasteiger partial charge in [-0.05, 0) is 36.8 Å². The van der Waals surface area contributed by atoms with Crippen molar-refractivity contribution in [2.75, 3.05) is 43.0 Å². The lowest BCUT2D eigenvalue weighted by Crippen LogP contribution is -2.43. The molecule has 0 radical (unpaired) electrons. The maximum Gasteiger partial charge on any atom is 0.228 e. The van der Waals surface area contributed by atoms with Crippen LogP contribution in [0.25, 0.3) is 0 Å². The van der Waals surface area contributed by atoms with Gasteiger partial charge in [-0.3, -0.25) is 4.79 Å². The number of nitrogens with one attached hydrogen (secondary N) is 2. The number of piperazine rings is 1. The van der Waals surface area contributed by atoms with E-state index in [1.54, 1.807) is 0 Å². The molecule has 2 N–H and O–H groups in total. The molecular formula is C19H24N4O2. The summed E-state index contributed by atoms with van der Waals surface area (Å²) in [5.74, 6) is 1.25. The van der Waals surface area contributed by atoms with Crippen molar-refractivity contribution in [2.24, 2.45) is 0 Å². The van der Waals surface area contributed by atoms with E-state index in [1.807, 2.05) is 49.5 Å². The third-order valence-corrected chi connectivity index (χ3v) is 4.08. The van der Waals surface area contributed by atoms with Crippen molar-refractivity contribution in [3.05, 3.63) is 48.2 Å². The highest BCUT2D eigenvalue weighted by molar-refractivity contribution is 5.89. The Morgan fingerprint density at radius 3 is 2.84 bits per heavy atom. The van der Waals surface area contributed by atoms with Crippen LogP contribution in [0.4, 0.5) is 11.5 Å². The SMILES string of the molecule is Cc1cccc(OCCC(=O)Nc2ccc(N3CCNCC3)cn2)c1. The van der Waals surface area contributed by atoms with Crippen molar-refractivity contribution >= 4 is 17.4 Å². The molecule has 25 heavy (non-hydrogen) atoms. The Balaban J connectivity index is 1.44. The molecule has 0 unspecified atom stereocenters. The maximum atomic E-state index is 12.0. The van der Waals surface area contributed by atoms with E-state index in [2.05, 4.69) is 20.5 Å². The molecular weight excluding hydrogens is 316 g/mol. The molecule has 6 nitrogen and oxygen atoms in total. The van der Waals surface area contributed by atoms with Crippen LogP contribution in [-0.4, -0.2) is 43.7 Å². The smallest absolute Gasteiger partial charge is 0.228 e. The number of benzene rings is 1. The highest BCUT2D eigenvalue weighted by atomic mass is 16.5. The molecule has 2 heterocycles. The number of rotatable bonds is 6. The molecule has 0 aliphatic carbocycles. The van der Waals surface area contributed by atoms with Gasteiger partial charge in [-0.2, -0.15) is 0 Å². The van der Waals surface area contributed by atoms with Gasteiger partial charge in [0.1, 0.15) is 11.6 Å². The molecule has 0 atom stereocenters. The first kappa shape index (κ1) is 17.2. The minimum Gasteiger partial charge on any atom is -0.493 e. The van der Waals surface area contributed by atoms with E-state index >= 15 is 0 Å². The molecule has 132 valence electrons. The van der Waals surface area contributed by atoms with E-state index in [0.29, 0.717) is 12.4 Å². The number of nitrogens with zero attached hydrogens (tertiary/aromatic N) is 2. The molecule has 1 saturated heterocycles. The Labute approximate surface area is 148 Å². The molecule has 2 aromatic rings. The number of carbonyl (C=O) groups is 1. The predicted octanol–water partition coefficient (Wildman–Crippen LogP) is 2.21. The lowest BCUT2D eigenvalue weighted by Gasteiger charge is -2.29. The first-order chi connectivity index (χ1) is 12.2. The van der Waals surface area contributed by atoms with E-state index in [-0.39, 0.29) is 12.3 Å². The molecule has 3 rings (SSSR count). The lowest BCUT2D eigenvalue weighted by atomic mass is 10.2. The summed E-state index contributed by atoms with van der Waals surface area (Å²) in [4.78, 5) is 18.6. The van der Waals surface area contributed by atoms with Gasteiger partial charge >= 0.3 is 0 Å². The van der Waals surface area contributed by atoms with Gasteiger partial charge in [0, 0.05) is 26.2 Å². The van der Waals surface area contributed by atoms with Gasteiger partial charge in [-0.15, -0.1) is 0 Å². The molecule has 1 aliphatic rings.